The van der Waals surface area contributed by atoms with Crippen molar-refractivity contribution >= 4 is 30.8 Å². The molecule has 0 amide bonds. The van der Waals surface area contributed by atoms with Crippen molar-refractivity contribution in [3.8, 4) is 12.3 Å². The van der Waals surface area contributed by atoms with Crippen LogP contribution in [0.15, 0.2) is 35.4 Å². The van der Waals surface area contributed by atoms with Gasteiger partial charge in [-0.15, -0.1) is 6.42 Å². The SMILES string of the molecule is C#CCN(C1CCS(=O)(=O)C1)S(=O)(=O)c1cccc2cc(C)cnc12. The van der Waals surface area contributed by atoms with Gasteiger partial charge in [0.2, 0.25) is 10.0 Å². The third-order valence-electron chi connectivity index (χ3n) is 4.26. The Balaban J connectivity index is 2.12. The summed E-state index contributed by atoms with van der Waals surface area (Å²) in [6, 6.07) is 6.13. The standard InChI is InChI=1S/C17H18N2O4S2/c1-3-8-19(15-7-9-24(20,21)12-15)25(22,23)16-6-4-5-14-10-13(2)11-18-17(14)16/h1,4-6,10-11,15H,7-9,12H2,2H3. The van der Waals surface area contributed by atoms with Crippen molar-refractivity contribution in [1.29, 1.82) is 0 Å². The predicted molar refractivity (Wildman–Crippen MR) is 96.3 cm³/mol. The Morgan fingerprint density at radius 2 is 2.16 bits per heavy atom. The first-order valence-electron chi connectivity index (χ1n) is 7.76. The maximum absolute atomic E-state index is 13.2. The molecule has 1 fully saturated rings. The highest BCUT2D eigenvalue weighted by Crippen LogP contribution is 2.28. The molecule has 1 saturated heterocycles. The minimum Gasteiger partial charge on any atom is -0.255 e. The summed E-state index contributed by atoms with van der Waals surface area (Å²) >= 11 is 0. The smallest absolute Gasteiger partial charge is 0.246 e. The summed E-state index contributed by atoms with van der Waals surface area (Å²) in [6.07, 6.45) is 7.21. The molecule has 6 nitrogen and oxygen atoms in total. The summed E-state index contributed by atoms with van der Waals surface area (Å²) in [6.45, 7) is 1.70. The zero-order valence-electron chi connectivity index (χ0n) is 13.7. The molecule has 1 unspecified atom stereocenters. The number of benzene rings is 1. The topological polar surface area (TPSA) is 84.4 Å². The number of sulfonamides is 1. The maximum Gasteiger partial charge on any atom is 0.246 e. The number of terminal acetylenes is 1. The molecule has 3 rings (SSSR count). The lowest BCUT2D eigenvalue weighted by molar-refractivity contribution is 0.371. The summed E-state index contributed by atoms with van der Waals surface area (Å²) in [5.74, 6) is 2.11. The van der Waals surface area contributed by atoms with E-state index in [0.717, 1.165) is 9.87 Å². The molecule has 0 saturated carbocycles. The molecule has 2 aromatic rings. The van der Waals surface area contributed by atoms with E-state index < -0.39 is 25.9 Å². The molecule has 1 aromatic heterocycles. The summed E-state index contributed by atoms with van der Waals surface area (Å²) in [5, 5.41) is 0.709. The number of hydrogen-bond donors (Lipinski definition) is 0. The van der Waals surface area contributed by atoms with Crippen LogP contribution in [0.4, 0.5) is 0 Å². The molecule has 1 atom stereocenters. The second-order valence-corrected chi connectivity index (χ2v) is 10.2. The molecule has 132 valence electrons. The summed E-state index contributed by atoms with van der Waals surface area (Å²) < 4.78 is 51.1. The first-order chi connectivity index (χ1) is 11.7. The second kappa shape index (κ2) is 6.41. The van der Waals surface area contributed by atoms with Crippen LogP contribution in [0.5, 0.6) is 0 Å². The summed E-state index contributed by atoms with van der Waals surface area (Å²) in [5.41, 5.74) is 1.28. The molecular formula is C17H18N2O4S2. The van der Waals surface area contributed by atoms with E-state index in [2.05, 4.69) is 10.9 Å². The molecule has 25 heavy (non-hydrogen) atoms. The minimum atomic E-state index is -3.97. The van der Waals surface area contributed by atoms with Crippen molar-refractivity contribution in [2.45, 2.75) is 24.3 Å². The number of hydrogen-bond acceptors (Lipinski definition) is 5. The third kappa shape index (κ3) is 3.40. The quantitative estimate of drug-likeness (QED) is 0.750. The van der Waals surface area contributed by atoms with Gasteiger partial charge in [0.25, 0.3) is 0 Å². The zero-order chi connectivity index (χ0) is 18.2. The molecule has 0 bridgehead atoms. The van der Waals surface area contributed by atoms with E-state index in [1.807, 2.05) is 13.0 Å². The number of rotatable bonds is 4. The van der Waals surface area contributed by atoms with Crippen LogP contribution < -0.4 is 0 Å². The van der Waals surface area contributed by atoms with Gasteiger partial charge in [-0.05, 0) is 31.0 Å². The van der Waals surface area contributed by atoms with Gasteiger partial charge in [-0.3, -0.25) is 4.98 Å². The van der Waals surface area contributed by atoms with E-state index in [4.69, 9.17) is 6.42 Å². The normalized spacial score (nSPS) is 20.0. The van der Waals surface area contributed by atoms with Crippen LogP contribution in [0.2, 0.25) is 0 Å². The first kappa shape index (κ1) is 17.9. The maximum atomic E-state index is 13.2. The van der Waals surface area contributed by atoms with Crippen molar-refractivity contribution in [2.75, 3.05) is 18.1 Å². The average molecular weight is 378 g/mol. The van der Waals surface area contributed by atoms with Crippen LogP contribution in [-0.4, -0.2) is 50.2 Å². The lowest BCUT2D eigenvalue weighted by Gasteiger charge is -2.25. The van der Waals surface area contributed by atoms with Crippen molar-refractivity contribution in [1.82, 2.24) is 9.29 Å². The number of pyridine rings is 1. The Morgan fingerprint density at radius 3 is 2.80 bits per heavy atom. The zero-order valence-corrected chi connectivity index (χ0v) is 15.3. The van der Waals surface area contributed by atoms with Crippen molar-refractivity contribution in [3.05, 3.63) is 36.0 Å². The van der Waals surface area contributed by atoms with Crippen LogP contribution in [-0.2, 0) is 19.9 Å². The number of para-hydroxylation sites is 1. The molecule has 1 aliphatic rings. The number of aryl methyl sites for hydroxylation is 1. The second-order valence-electron chi connectivity index (χ2n) is 6.15. The van der Waals surface area contributed by atoms with Gasteiger partial charge in [-0.1, -0.05) is 18.1 Å². The molecule has 8 heteroatoms. The first-order valence-corrected chi connectivity index (χ1v) is 11.0. The molecule has 0 N–H and O–H groups in total. The highest BCUT2D eigenvalue weighted by molar-refractivity contribution is 7.92. The molecular weight excluding hydrogens is 360 g/mol. The van der Waals surface area contributed by atoms with Gasteiger partial charge in [-0.25, -0.2) is 16.8 Å². The van der Waals surface area contributed by atoms with Gasteiger partial charge in [-0.2, -0.15) is 4.31 Å². The molecule has 2 heterocycles. The molecule has 0 spiro atoms. The van der Waals surface area contributed by atoms with E-state index in [-0.39, 0.29) is 29.4 Å². The Labute approximate surface area is 147 Å². The molecule has 1 aromatic carbocycles. The van der Waals surface area contributed by atoms with Gasteiger partial charge >= 0.3 is 0 Å². The van der Waals surface area contributed by atoms with E-state index in [0.29, 0.717) is 10.9 Å². The van der Waals surface area contributed by atoms with Crippen molar-refractivity contribution in [3.63, 3.8) is 0 Å². The fraction of sp³-hybridized carbons (Fsp3) is 0.353. The van der Waals surface area contributed by atoms with E-state index >= 15 is 0 Å². The summed E-state index contributed by atoms with van der Waals surface area (Å²) in [4.78, 5) is 4.31. The van der Waals surface area contributed by atoms with Gasteiger partial charge in [0.1, 0.15) is 4.90 Å². The van der Waals surface area contributed by atoms with Crippen molar-refractivity contribution in [2.24, 2.45) is 0 Å². The monoisotopic (exact) mass is 378 g/mol. The Morgan fingerprint density at radius 1 is 1.40 bits per heavy atom. The fourth-order valence-electron chi connectivity index (χ4n) is 3.08. The van der Waals surface area contributed by atoms with Crippen LogP contribution in [0.3, 0.4) is 0 Å². The van der Waals surface area contributed by atoms with Crippen LogP contribution in [0, 0.1) is 19.3 Å². The predicted octanol–water partition coefficient (Wildman–Crippen LogP) is 1.35. The Kier molecular flexibility index (Phi) is 4.58. The molecule has 0 aliphatic carbocycles. The van der Waals surface area contributed by atoms with Crippen LogP contribution >= 0.6 is 0 Å². The largest absolute Gasteiger partial charge is 0.255 e. The fourth-order valence-corrected chi connectivity index (χ4v) is 6.64. The van der Waals surface area contributed by atoms with Crippen molar-refractivity contribution < 1.29 is 16.8 Å². The molecule has 1 aliphatic heterocycles. The summed E-state index contributed by atoms with van der Waals surface area (Å²) in [7, 11) is -7.21. The van der Waals surface area contributed by atoms with Crippen LogP contribution in [0.25, 0.3) is 10.9 Å². The van der Waals surface area contributed by atoms with Gasteiger partial charge in [0.15, 0.2) is 9.84 Å². The lowest BCUT2D eigenvalue weighted by atomic mass is 10.2. The molecule has 0 radical (unpaired) electrons. The Hall–Kier alpha value is -1.95. The minimum absolute atomic E-state index is 0.0265. The van der Waals surface area contributed by atoms with Gasteiger partial charge < -0.3 is 0 Å². The van der Waals surface area contributed by atoms with E-state index in [1.54, 1.807) is 18.3 Å². The number of aromatic nitrogens is 1. The third-order valence-corrected chi connectivity index (χ3v) is 7.94. The van der Waals surface area contributed by atoms with Crippen LogP contribution in [0.1, 0.15) is 12.0 Å². The number of nitrogens with zero attached hydrogens (tertiary/aromatic N) is 2. The Bertz CT molecular complexity index is 1070. The number of sulfone groups is 1. The highest BCUT2D eigenvalue weighted by Gasteiger charge is 2.39. The number of fused-ring (bicyclic) bond motifs is 1. The highest BCUT2D eigenvalue weighted by atomic mass is 32.2. The van der Waals surface area contributed by atoms with E-state index in [1.165, 1.54) is 6.07 Å². The van der Waals surface area contributed by atoms with Gasteiger partial charge in [0.05, 0.1) is 23.6 Å². The van der Waals surface area contributed by atoms with Gasteiger partial charge in [0, 0.05) is 17.6 Å². The average Bonchev–Trinajstić information content (AvgIpc) is 2.91. The lowest BCUT2D eigenvalue weighted by Crippen LogP contribution is -2.41. The van der Waals surface area contributed by atoms with E-state index in [9.17, 15) is 16.8 Å².